The number of amides is 1. The lowest BCUT2D eigenvalue weighted by molar-refractivity contribution is 0.124. The van der Waals surface area contributed by atoms with Crippen molar-refractivity contribution in [1.29, 1.82) is 0 Å². The Labute approximate surface area is 95.2 Å². The maximum absolute atomic E-state index is 11.9. The molecule has 1 aliphatic heterocycles. The molecule has 0 aliphatic carbocycles. The summed E-state index contributed by atoms with van der Waals surface area (Å²) in [6.45, 7) is 4.36. The van der Waals surface area contributed by atoms with Crippen LogP contribution in [0.2, 0.25) is 0 Å². The molecule has 0 bridgehead atoms. The standard InChI is InChI=1S/C12H16N2O2/c1-10-9-13-7-8-14(10)12(15)16-11-5-3-2-4-6-11/h2-6,10,13H,7-9H2,1H3/t10-/m0/s1. The van der Waals surface area contributed by atoms with Crippen LogP contribution in [0.1, 0.15) is 6.92 Å². The predicted octanol–water partition coefficient (Wildman–Crippen LogP) is 1.48. The Morgan fingerprint density at radius 1 is 1.44 bits per heavy atom. The van der Waals surface area contributed by atoms with E-state index < -0.39 is 0 Å². The van der Waals surface area contributed by atoms with Gasteiger partial charge >= 0.3 is 6.09 Å². The SMILES string of the molecule is C[C@H]1CNCCN1C(=O)Oc1ccccc1. The number of carbonyl (C=O) groups is 1. The highest BCUT2D eigenvalue weighted by molar-refractivity contribution is 5.71. The average molecular weight is 220 g/mol. The molecule has 1 aromatic rings. The fourth-order valence-electron chi connectivity index (χ4n) is 1.76. The number of nitrogens with one attached hydrogen (secondary N) is 1. The third-order valence-electron chi connectivity index (χ3n) is 2.68. The van der Waals surface area contributed by atoms with Gasteiger partial charge in [-0.05, 0) is 19.1 Å². The van der Waals surface area contributed by atoms with E-state index in [0.717, 1.165) is 13.1 Å². The molecule has 1 saturated heterocycles. The lowest BCUT2D eigenvalue weighted by Crippen LogP contribution is -2.53. The lowest BCUT2D eigenvalue weighted by Gasteiger charge is -2.32. The molecule has 86 valence electrons. The van der Waals surface area contributed by atoms with E-state index in [4.69, 9.17) is 4.74 Å². The third-order valence-corrected chi connectivity index (χ3v) is 2.68. The molecule has 1 aromatic carbocycles. The minimum Gasteiger partial charge on any atom is -0.410 e. The Morgan fingerprint density at radius 2 is 2.19 bits per heavy atom. The molecule has 1 heterocycles. The average Bonchev–Trinajstić information content (AvgIpc) is 2.31. The molecule has 1 N–H and O–H groups in total. The van der Waals surface area contributed by atoms with Gasteiger partial charge in [-0.15, -0.1) is 0 Å². The van der Waals surface area contributed by atoms with Crippen molar-refractivity contribution in [3.8, 4) is 5.75 Å². The van der Waals surface area contributed by atoms with Crippen molar-refractivity contribution in [2.24, 2.45) is 0 Å². The molecular weight excluding hydrogens is 204 g/mol. The summed E-state index contributed by atoms with van der Waals surface area (Å²) in [6, 6.07) is 9.35. The first-order valence-corrected chi connectivity index (χ1v) is 5.51. The molecule has 0 aromatic heterocycles. The van der Waals surface area contributed by atoms with E-state index in [9.17, 15) is 4.79 Å². The molecular formula is C12H16N2O2. The van der Waals surface area contributed by atoms with E-state index in [1.807, 2.05) is 25.1 Å². The first-order valence-electron chi connectivity index (χ1n) is 5.51. The van der Waals surface area contributed by atoms with Gasteiger partial charge in [0.05, 0.1) is 0 Å². The molecule has 0 saturated carbocycles. The summed E-state index contributed by atoms with van der Waals surface area (Å²) in [5.74, 6) is 0.596. The van der Waals surface area contributed by atoms with Crippen LogP contribution in [0.25, 0.3) is 0 Å². The molecule has 16 heavy (non-hydrogen) atoms. The smallest absolute Gasteiger partial charge is 0.410 e. The molecule has 0 radical (unpaired) electrons. The lowest BCUT2D eigenvalue weighted by atomic mass is 10.2. The van der Waals surface area contributed by atoms with Crippen molar-refractivity contribution in [2.75, 3.05) is 19.6 Å². The van der Waals surface area contributed by atoms with Gasteiger partial charge < -0.3 is 15.0 Å². The van der Waals surface area contributed by atoms with Crippen LogP contribution in [0.3, 0.4) is 0 Å². The van der Waals surface area contributed by atoms with Gasteiger partial charge in [-0.2, -0.15) is 0 Å². The molecule has 1 amide bonds. The van der Waals surface area contributed by atoms with Crippen LogP contribution < -0.4 is 10.1 Å². The topological polar surface area (TPSA) is 41.6 Å². The zero-order chi connectivity index (χ0) is 11.4. The van der Waals surface area contributed by atoms with Gasteiger partial charge in [0.1, 0.15) is 5.75 Å². The van der Waals surface area contributed by atoms with Crippen LogP contribution >= 0.6 is 0 Å². The number of piperazine rings is 1. The zero-order valence-electron chi connectivity index (χ0n) is 9.35. The number of nitrogens with zero attached hydrogens (tertiary/aromatic N) is 1. The maximum atomic E-state index is 11.9. The Balaban J connectivity index is 1.97. The van der Waals surface area contributed by atoms with Crippen LogP contribution in [0.15, 0.2) is 30.3 Å². The first kappa shape index (κ1) is 11.0. The number of para-hydroxylation sites is 1. The number of ether oxygens (including phenoxy) is 1. The van der Waals surface area contributed by atoms with Gasteiger partial charge in [-0.1, -0.05) is 18.2 Å². The van der Waals surface area contributed by atoms with E-state index >= 15 is 0 Å². The summed E-state index contributed by atoms with van der Waals surface area (Å²) in [7, 11) is 0. The summed E-state index contributed by atoms with van der Waals surface area (Å²) >= 11 is 0. The molecule has 1 fully saturated rings. The zero-order valence-corrected chi connectivity index (χ0v) is 9.35. The van der Waals surface area contributed by atoms with E-state index in [-0.39, 0.29) is 12.1 Å². The summed E-state index contributed by atoms with van der Waals surface area (Å²) in [5.41, 5.74) is 0. The molecule has 2 rings (SSSR count). The van der Waals surface area contributed by atoms with E-state index in [1.165, 1.54) is 0 Å². The molecule has 1 atom stereocenters. The number of carbonyl (C=O) groups excluding carboxylic acids is 1. The minimum absolute atomic E-state index is 0.185. The van der Waals surface area contributed by atoms with Crippen molar-refractivity contribution >= 4 is 6.09 Å². The van der Waals surface area contributed by atoms with Gasteiger partial charge in [0, 0.05) is 25.7 Å². The summed E-state index contributed by atoms with van der Waals surface area (Å²) in [4.78, 5) is 13.6. The second kappa shape index (κ2) is 4.99. The molecule has 4 nitrogen and oxygen atoms in total. The fourth-order valence-corrected chi connectivity index (χ4v) is 1.76. The van der Waals surface area contributed by atoms with Crippen LogP contribution in [0.5, 0.6) is 5.75 Å². The van der Waals surface area contributed by atoms with Crippen molar-refractivity contribution < 1.29 is 9.53 Å². The highest BCUT2D eigenvalue weighted by atomic mass is 16.6. The summed E-state index contributed by atoms with van der Waals surface area (Å²) in [5, 5.41) is 3.23. The van der Waals surface area contributed by atoms with Crippen molar-refractivity contribution in [3.63, 3.8) is 0 Å². The van der Waals surface area contributed by atoms with Crippen molar-refractivity contribution in [1.82, 2.24) is 10.2 Å². The van der Waals surface area contributed by atoms with Gasteiger partial charge in [0.25, 0.3) is 0 Å². The summed E-state index contributed by atoms with van der Waals surface area (Å²) in [6.07, 6.45) is -0.264. The highest BCUT2D eigenvalue weighted by Gasteiger charge is 2.24. The number of rotatable bonds is 1. The largest absolute Gasteiger partial charge is 0.415 e. The van der Waals surface area contributed by atoms with Crippen LogP contribution in [-0.2, 0) is 0 Å². The monoisotopic (exact) mass is 220 g/mol. The van der Waals surface area contributed by atoms with Crippen LogP contribution in [0.4, 0.5) is 4.79 Å². The Hall–Kier alpha value is -1.55. The quantitative estimate of drug-likeness (QED) is 0.779. The van der Waals surface area contributed by atoms with Gasteiger partial charge in [-0.3, -0.25) is 0 Å². The van der Waals surface area contributed by atoms with E-state index in [1.54, 1.807) is 17.0 Å². The maximum Gasteiger partial charge on any atom is 0.415 e. The predicted molar refractivity (Wildman–Crippen MR) is 61.5 cm³/mol. The second-order valence-corrected chi connectivity index (χ2v) is 3.93. The highest BCUT2D eigenvalue weighted by Crippen LogP contribution is 2.12. The number of hydrogen-bond donors (Lipinski definition) is 1. The molecule has 1 aliphatic rings. The number of hydrogen-bond acceptors (Lipinski definition) is 3. The fraction of sp³-hybridized carbons (Fsp3) is 0.417. The van der Waals surface area contributed by atoms with Gasteiger partial charge in [0.2, 0.25) is 0 Å². The Morgan fingerprint density at radius 3 is 2.88 bits per heavy atom. The number of benzene rings is 1. The van der Waals surface area contributed by atoms with E-state index in [2.05, 4.69) is 5.32 Å². The molecule has 0 unspecified atom stereocenters. The second-order valence-electron chi connectivity index (χ2n) is 3.93. The minimum atomic E-state index is -0.264. The van der Waals surface area contributed by atoms with Crippen molar-refractivity contribution in [3.05, 3.63) is 30.3 Å². The Bertz CT molecular complexity index is 353. The molecule has 0 spiro atoms. The Kier molecular flexibility index (Phi) is 3.41. The van der Waals surface area contributed by atoms with Gasteiger partial charge in [0.15, 0.2) is 0 Å². The third kappa shape index (κ3) is 2.52. The van der Waals surface area contributed by atoms with Crippen LogP contribution in [0, 0.1) is 0 Å². The molecule has 4 heteroatoms. The normalized spacial score (nSPS) is 20.6. The van der Waals surface area contributed by atoms with Gasteiger partial charge in [-0.25, -0.2) is 4.79 Å². The van der Waals surface area contributed by atoms with Crippen LogP contribution in [-0.4, -0.2) is 36.7 Å². The summed E-state index contributed by atoms with van der Waals surface area (Å²) < 4.78 is 5.28. The first-order chi connectivity index (χ1) is 7.77. The van der Waals surface area contributed by atoms with Crippen molar-refractivity contribution in [2.45, 2.75) is 13.0 Å². The van der Waals surface area contributed by atoms with E-state index in [0.29, 0.717) is 12.3 Å².